The molecular weight excluding hydrogens is 374 g/mol. The number of carbonyl (C=O) groups excluding carboxylic acids is 1. The first-order valence-corrected chi connectivity index (χ1v) is 8.16. The number of halogens is 1. The van der Waals surface area contributed by atoms with Crippen LogP contribution in [0.25, 0.3) is 0 Å². The summed E-state index contributed by atoms with van der Waals surface area (Å²) in [5, 5.41) is 25.9. The van der Waals surface area contributed by atoms with Gasteiger partial charge in [-0.2, -0.15) is 5.10 Å². The van der Waals surface area contributed by atoms with E-state index in [2.05, 4.69) is 31.8 Å². The monoisotopic (exact) mass is 391 g/mol. The first-order valence-electron chi connectivity index (χ1n) is 7.36. The Morgan fingerprint density at radius 1 is 1.25 bits per heavy atom. The normalized spacial score (nSPS) is 12.1. The highest BCUT2D eigenvalue weighted by Crippen LogP contribution is 2.20. The van der Waals surface area contributed by atoms with Gasteiger partial charge in [-0.15, -0.1) is 0 Å². The molecule has 7 heteroatoms. The Balaban J connectivity index is 1.96. The van der Waals surface area contributed by atoms with Gasteiger partial charge in [-0.1, -0.05) is 22.9 Å². The van der Waals surface area contributed by atoms with Crippen LogP contribution < -0.4 is 10.7 Å². The van der Waals surface area contributed by atoms with Gasteiger partial charge >= 0.3 is 0 Å². The molecule has 126 valence electrons. The van der Waals surface area contributed by atoms with Crippen LogP contribution in [0.2, 0.25) is 0 Å². The van der Waals surface area contributed by atoms with Crippen LogP contribution in [-0.2, 0) is 4.79 Å². The smallest absolute Gasteiger partial charge is 0.262 e. The first kappa shape index (κ1) is 17.8. The van der Waals surface area contributed by atoms with E-state index in [-0.39, 0.29) is 17.4 Å². The second-order valence-corrected chi connectivity index (χ2v) is 6.01. The van der Waals surface area contributed by atoms with Gasteiger partial charge in [0.2, 0.25) is 0 Å². The first-order chi connectivity index (χ1) is 11.5. The maximum absolute atomic E-state index is 12.2. The summed E-state index contributed by atoms with van der Waals surface area (Å²) in [6.45, 7) is 1.89. The number of phenolic OH excluding ortho intramolecular Hbond substituents is 2. The van der Waals surface area contributed by atoms with Crippen molar-refractivity contribution in [2.45, 2.75) is 19.4 Å². The summed E-state index contributed by atoms with van der Waals surface area (Å²) < 4.78 is 0.962. The number of amides is 1. The van der Waals surface area contributed by atoms with Crippen molar-refractivity contribution >= 4 is 33.7 Å². The van der Waals surface area contributed by atoms with Crippen LogP contribution in [0.3, 0.4) is 0 Å². The molecule has 6 nitrogen and oxygen atoms in total. The Morgan fingerprint density at radius 2 is 1.96 bits per heavy atom. The number of benzene rings is 2. The molecule has 0 spiro atoms. The number of hydrazone groups is 1. The zero-order valence-electron chi connectivity index (χ0n) is 13.0. The molecule has 1 atom stereocenters. The molecule has 0 saturated carbocycles. The van der Waals surface area contributed by atoms with Gasteiger partial charge in [0.1, 0.15) is 17.5 Å². The zero-order chi connectivity index (χ0) is 17.5. The van der Waals surface area contributed by atoms with Crippen molar-refractivity contribution in [1.29, 1.82) is 0 Å². The maximum Gasteiger partial charge on any atom is 0.262 e. The Morgan fingerprint density at radius 3 is 2.58 bits per heavy atom. The largest absolute Gasteiger partial charge is 0.508 e. The summed E-state index contributed by atoms with van der Waals surface area (Å²) in [6, 6.07) is 11.2. The van der Waals surface area contributed by atoms with Crippen molar-refractivity contribution in [3.63, 3.8) is 0 Å². The van der Waals surface area contributed by atoms with Crippen LogP contribution >= 0.6 is 15.9 Å². The molecule has 0 aliphatic rings. The molecule has 0 aliphatic heterocycles. The highest BCUT2D eigenvalue weighted by atomic mass is 79.9. The molecular formula is C17H18BrN3O3. The molecule has 0 saturated heterocycles. The summed E-state index contributed by atoms with van der Waals surface area (Å²) in [4.78, 5) is 12.2. The van der Waals surface area contributed by atoms with Gasteiger partial charge in [-0.25, -0.2) is 5.43 Å². The molecule has 4 N–H and O–H groups in total. The van der Waals surface area contributed by atoms with Crippen LogP contribution in [0, 0.1) is 0 Å². The molecule has 0 aliphatic carbocycles. The van der Waals surface area contributed by atoms with E-state index in [0.717, 1.165) is 10.2 Å². The van der Waals surface area contributed by atoms with E-state index in [1.807, 2.05) is 31.2 Å². The van der Waals surface area contributed by atoms with Crippen LogP contribution in [0.1, 0.15) is 18.9 Å². The quantitative estimate of drug-likeness (QED) is 0.449. The van der Waals surface area contributed by atoms with E-state index in [1.165, 1.54) is 24.4 Å². The fourth-order valence-electron chi connectivity index (χ4n) is 1.98. The van der Waals surface area contributed by atoms with Crippen LogP contribution in [0.15, 0.2) is 52.0 Å². The molecule has 0 fully saturated rings. The molecule has 2 aromatic rings. The van der Waals surface area contributed by atoms with E-state index in [9.17, 15) is 15.0 Å². The van der Waals surface area contributed by atoms with Gasteiger partial charge in [0.15, 0.2) is 0 Å². The third-order valence-electron chi connectivity index (χ3n) is 3.30. The molecule has 1 unspecified atom stereocenters. The lowest BCUT2D eigenvalue weighted by Gasteiger charge is -2.16. The lowest BCUT2D eigenvalue weighted by molar-refractivity contribution is -0.121. The lowest BCUT2D eigenvalue weighted by Crippen LogP contribution is -2.36. The van der Waals surface area contributed by atoms with Crippen molar-refractivity contribution in [3.8, 4) is 11.5 Å². The van der Waals surface area contributed by atoms with E-state index >= 15 is 0 Å². The molecule has 0 bridgehead atoms. The van der Waals surface area contributed by atoms with Crippen LogP contribution in [0.5, 0.6) is 11.5 Å². The van der Waals surface area contributed by atoms with E-state index in [4.69, 9.17) is 0 Å². The average Bonchev–Trinajstić information content (AvgIpc) is 2.56. The number of anilines is 1. The van der Waals surface area contributed by atoms with Crippen molar-refractivity contribution in [3.05, 3.63) is 52.5 Å². The van der Waals surface area contributed by atoms with Gasteiger partial charge in [-0.05, 0) is 42.8 Å². The maximum atomic E-state index is 12.2. The van der Waals surface area contributed by atoms with Gasteiger partial charge in [0, 0.05) is 21.8 Å². The van der Waals surface area contributed by atoms with Gasteiger partial charge in [-0.3, -0.25) is 4.79 Å². The number of phenols is 2. The molecule has 0 aromatic heterocycles. The predicted molar refractivity (Wildman–Crippen MR) is 97.4 cm³/mol. The standard InChI is InChI=1S/C17H18BrN3O3/c1-2-15(20-13-6-4-12(18)5-7-13)17(24)21-19-10-11-3-8-14(22)9-16(11)23/h3-10,15,20,22-23H,2H2,1H3,(H,21,24). The molecule has 0 radical (unpaired) electrons. The van der Waals surface area contributed by atoms with Crippen molar-refractivity contribution in [2.75, 3.05) is 5.32 Å². The van der Waals surface area contributed by atoms with Gasteiger partial charge in [0.25, 0.3) is 5.91 Å². The number of rotatable bonds is 6. The summed E-state index contributed by atoms with van der Waals surface area (Å²) in [7, 11) is 0. The topological polar surface area (TPSA) is 94.0 Å². The number of carbonyl (C=O) groups is 1. The van der Waals surface area contributed by atoms with E-state index in [1.54, 1.807) is 0 Å². The lowest BCUT2D eigenvalue weighted by atomic mass is 10.2. The van der Waals surface area contributed by atoms with Gasteiger partial charge < -0.3 is 15.5 Å². The number of hydrogen-bond acceptors (Lipinski definition) is 5. The SMILES string of the molecule is CCC(Nc1ccc(Br)cc1)C(=O)NN=Cc1ccc(O)cc1O. The number of aromatic hydroxyl groups is 2. The number of nitrogens with one attached hydrogen (secondary N) is 2. The minimum Gasteiger partial charge on any atom is -0.508 e. The van der Waals surface area contributed by atoms with Crippen molar-refractivity contribution in [2.24, 2.45) is 5.10 Å². The van der Waals surface area contributed by atoms with E-state index < -0.39 is 6.04 Å². The highest BCUT2D eigenvalue weighted by Gasteiger charge is 2.15. The summed E-state index contributed by atoms with van der Waals surface area (Å²) in [6.07, 6.45) is 1.90. The molecule has 1 amide bonds. The Labute approximate surface area is 148 Å². The predicted octanol–water partition coefficient (Wildman–Crippen LogP) is 3.20. The Kier molecular flexibility index (Phi) is 6.20. The minimum atomic E-state index is -0.434. The fourth-order valence-corrected chi connectivity index (χ4v) is 2.25. The summed E-state index contributed by atoms with van der Waals surface area (Å²) >= 11 is 3.36. The van der Waals surface area contributed by atoms with Crippen molar-refractivity contribution in [1.82, 2.24) is 5.43 Å². The molecule has 24 heavy (non-hydrogen) atoms. The second kappa shape index (κ2) is 8.35. The Bertz CT molecular complexity index is 732. The molecule has 2 rings (SSSR count). The molecule has 0 heterocycles. The summed E-state index contributed by atoms with van der Waals surface area (Å²) in [5.41, 5.74) is 3.67. The minimum absolute atomic E-state index is 0.0431. The Hall–Kier alpha value is -2.54. The third kappa shape index (κ3) is 4.99. The third-order valence-corrected chi connectivity index (χ3v) is 3.83. The fraction of sp³-hybridized carbons (Fsp3) is 0.176. The van der Waals surface area contributed by atoms with Crippen LogP contribution in [-0.4, -0.2) is 28.4 Å². The van der Waals surface area contributed by atoms with Gasteiger partial charge in [0.05, 0.1) is 6.21 Å². The molecule has 2 aromatic carbocycles. The second-order valence-electron chi connectivity index (χ2n) is 5.09. The van der Waals surface area contributed by atoms with Crippen LogP contribution in [0.4, 0.5) is 5.69 Å². The summed E-state index contributed by atoms with van der Waals surface area (Å²) in [5.74, 6) is -0.443. The number of nitrogens with zero attached hydrogens (tertiary/aromatic N) is 1. The zero-order valence-corrected chi connectivity index (χ0v) is 14.6. The highest BCUT2D eigenvalue weighted by molar-refractivity contribution is 9.10. The average molecular weight is 392 g/mol. The van der Waals surface area contributed by atoms with E-state index in [0.29, 0.717) is 12.0 Å². The number of hydrogen-bond donors (Lipinski definition) is 4. The van der Waals surface area contributed by atoms with Crippen molar-refractivity contribution < 1.29 is 15.0 Å².